The summed E-state index contributed by atoms with van der Waals surface area (Å²) < 4.78 is 10.8. The van der Waals surface area contributed by atoms with Gasteiger partial charge in [0.2, 0.25) is 5.91 Å². The maximum atomic E-state index is 13.1. The molecular formula is C26H29N3O4. The molecule has 2 aromatic carbocycles. The molecule has 0 aliphatic carbocycles. The lowest BCUT2D eigenvalue weighted by atomic mass is 9.81. The van der Waals surface area contributed by atoms with Crippen molar-refractivity contribution in [3.05, 3.63) is 77.0 Å². The van der Waals surface area contributed by atoms with E-state index < -0.39 is 5.41 Å². The molecule has 0 saturated carbocycles. The number of nitrogens with zero attached hydrogens (tertiary/aromatic N) is 2. The number of hydrogen-bond donors (Lipinski definition) is 1. The summed E-state index contributed by atoms with van der Waals surface area (Å²) in [6.07, 6.45) is 0.933. The molecule has 7 heteroatoms. The Labute approximate surface area is 193 Å². The molecule has 2 heterocycles. The first-order valence-electron chi connectivity index (χ1n) is 11.1. The molecule has 172 valence electrons. The Morgan fingerprint density at radius 3 is 2.64 bits per heavy atom. The van der Waals surface area contributed by atoms with Crippen LogP contribution in [0.25, 0.3) is 11.3 Å². The molecule has 0 radical (unpaired) electrons. The maximum Gasteiger partial charge on any atom is 0.253 e. The molecule has 1 fully saturated rings. The van der Waals surface area contributed by atoms with Crippen molar-refractivity contribution >= 4 is 11.8 Å². The third-order valence-electron chi connectivity index (χ3n) is 6.35. The third kappa shape index (κ3) is 4.68. The van der Waals surface area contributed by atoms with Crippen molar-refractivity contribution in [2.75, 3.05) is 27.2 Å². The van der Waals surface area contributed by atoms with Gasteiger partial charge >= 0.3 is 0 Å². The zero-order valence-corrected chi connectivity index (χ0v) is 19.3. The predicted octanol–water partition coefficient (Wildman–Crippen LogP) is 3.62. The quantitative estimate of drug-likeness (QED) is 0.598. The molecule has 1 N–H and O–H groups in total. The Balaban J connectivity index is 1.52. The van der Waals surface area contributed by atoms with E-state index in [1.807, 2.05) is 61.5 Å². The number of aromatic nitrogens is 1. The monoisotopic (exact) mass is 447 g/mol. The van der Waals surface area contributed by atoms with Crippen molar-refractivity contribution in [3.63, 3.8) is 0 Å². The Bertz CT molecular complexity index is 1140. The van der Waals surface area contributed by atoms with Gasteiger partial charge in [0.1, 0.15) is 11.5 Å². The maximum absolute atomic E-state index is 13.1. The topological polar surface area (TPSA) is 84.7 Å². The van der Waals surface area contributed by atoms with Gasteiger partial charge in [-0.05, 0) is 36.6 Å². The fourth-order valence-corrected chi connectivity index (χ4v) is 4.53. The predicted molar refractivity (Wildman–Crippen MR) is 125 cm³/mol. The molecule has 0 unspecified atom stereocenters. The Kier molecular flexibility index (Phi) is 6.60. The first kappa shape index (κ1) is 22.7. The van der Waals surface area contributed by atoms with Crippen LogP contribution in [0.4, 0.5) is 0 Å². The third-order valence-corrected chi connectivity index (χ3v) is 6.35. The van der Waals surface area contributed by atoms with Crippen LogP contribution in [0, 0.1) is 12.3 Å². The summed E-state index contributed by atoms with van der Waals surface area (Å²) in [4.78, 5) is 27.8. The molecular weight excluding hydrogens is 418 g/mol. The lowest BCUT2D eigenvalue weighted by Gasteiger charge is -2.26. The van der Waals surface area contributed by atoms with Crippen LogP contribution >= 0.6 is 0 Å². The van der Waals surface area contributed by atoms with Crippen molar-refractivity contribution in [1.29, 1.82) is 0 Å². The molecule has 3 aromatic rings. The molecule has 1 aliphatic rings. The van der Waals surface area contributed by atoms with Crippen LogP contribution in [0.5, 0.6) is 0 Å². The number of nitrogens with one attached hydrogen (secondary N) is 1. The van der Waals surface area contributed by atoms with E-state index in [1.165, 1.54) is 0 Å². The molecule has 7 nitrogen and oxygen atoms in total. The standard InChI is InChI=1S/C26H29N3O4/c1-18-6-4-5-7-22(18)23-14-21(33-28-23)15-26(25(31)27-2)12-13-29(17-26)24(30)20-10-8-19(9-11-20)16-32-3/h4-11,14H,12-13,15-17H2,1-3H3,(H,27,31)/t26-/m0/s1. The van der Waals surface area contributed by atoms with Gasteiger partial charge in [0.15, 0.2) is 0 Å². The van der Waals surface area contributed by atoms with E-state index in [0.29, 0.717) is 43.9 Å². The number of carbonyl (C=O) groups is 2. The zero-order chi connectivity index (χ0) is 23.4. The zero-order valence-electron chi connectivity index (χ0n) is 19.3. The molecule has 1 aromatic heterocycles. The van der Waals surface area contributed by atoms with E-state index >= 15 is 0 Å². The highest BCUT2D eigenvalue weighted by Gasteiger charge is 2.46. The van der Waals surface area contributed by atoms with Crippen molar-refractivity contribution in [1.82, 2.24) is 15.4 Å². The van der Waals surface area contributed by atoms with Crippen LogP contribution in [0.3, 0.4) is 0 Å². The van der Waals surface area contributed by atoms with Gasteiger partial charge in [-0.25, -0.2) is 0 Å². The normalized spacial score (nSPS) is 17.8. The van der Waals surface area contributed by atoms with Crippen LogP contribution in [0.1, 0.15) is 33.7 Å². The van der Waals surface area contributed by atoms with Crippen molar-refractivity contribution in [2.24, 2.45) is 5.41 Å². The Hall–Kier alpha value is -3.45. The van der Waals surface area contributed by atoms with E-state index in [4.69, 9.17) is 9.26 Å². The van der Waals surface area contributed by atoms with Gasteiger partial charge < -0.3 is 19.5 Å². The molecule has 33 heavy (non-hydrogen) atoms. The number of hydrogen-bond acceptors (Lipinski definition) is 5. The summed E-state index contributed by atoms with van der Waals surface area (Å²) in [5.74, 6) is 0.458. The molecule has 1 aliphatic heterocycles. The van der Waals surface area contributed by atoms with Crippen LogP contribution in [-0.2, 0) is 22.6 Å². The number of amides is 2. The van der Waals surface area contributed by atoms with Gasteiger partial charge in [-0.1, -0.05) is 41.6 Å². The second kappa shape index (κ2) is 9.58. The van der Waals surface area contributed by atoms with Gasteiger partial charge in [-0.3, -0.25) is 9.59 Å². The number of methoxy groups -OCH3 is 1. The highest BCUT2D eigenvalue weighted by molar-refractivity contribution is 5.95. The first-order chi connectivity index (χ1) is 16.0. The molecule has 4 rings (SSSR count). The van der Waals surface area contributed by atoms with E-state index in [2.05, 4.69) is 10.5 Å². The molecule has 0 spiro atoms. The largest absolute Gasteiger partial charge is 0.380 e. The summed E-state index contributed by atoms with van der Waals surface area (Å²) in [5, 5.41) is 7.02. The second-order valence-electron chi connectivity index (χ2n) is 8.64. The molecule has 1 saturated heterocycles. The Morgan fingerprint density at radius 1 is 1.18 bits per heavy atom. The minimum atomic E-state index is -0.761. The minimum Gasteiger partial charge on any atom is -0.380 e. The molecule has 1 atom stereocenters. The van der Waals surface area contributed by atoms with Gasteiger partial charge in [-0.15, -0.1) is 0 Å². The van der Waals surface area contributed by atoms with Crippen molar-refractivity contribution in [2.45, 2.75) is 26.4 Å². The number of benzene rings is 2. The number of ether oxygens (including phenoxy) is 1. The van der Waals surface area contributed by atoms with Crippen molar-refractivity contribution in [3.8, 4) is 11.3 Å². The van der Waals surface area contributed by atoms with E-state index in [1.54, 1.807) is 19.1 Å². The second-order valence-corrected chi connectivity index (χ2v) is 8.64. The van der Waals surface area contributed by atoms with E-state index in [0.717, 1.165) is 22.4 Å². The summed E-state index contributed by atoms with van der Waals surface area (Å²) in [5.41, 5.74) is 3.70. The van der Waals surface area contributed by atoms with Gasteiger partial charge in [0.25, 0.3) is 5.91 Å². The Morgan fingerprint density at radius 2 is 1.94 bits per heavy atom. The summed E-state index contributed by atoms with van der Waals surface area (Å²) >= 11 is 0. The lowest BCUT2D eigenvalue weighted by molar-refractivity contribution is -0.130. The van der Waals surface area contributed by atoms with Gasteiger partial charge in [0, 0.05) is 50.9 Å². The molecule has 0 bridgehead atoms. The summed E-state index contributed by atoms with van der Waals surface area (Å²) in [6.45, 7) is 3.36. The smallest absolute Gasteiger partial charge is 0.253 e. The first-order valence-corrected chi connectivity index (χ1v) is 11.1. The van der Waals surface area contributed by atoms with Crippen molar-refractivity contribution < 1.29 is 18.8 Å². The van der Waals surface area contributed by atoms with E-state index in [-0.39, 0.29) is 11.8 Å². The van der Waals surface area contributed by atoms with Crippen LogP contribution in [-0.4, -0.2) is 49.1 Å². The number of carbonyl (C=O) groups excluding carboxylic acids is 2. The van der Waals surface area contributed by atoms with Crippen LogP contribution in [0.2, 0.25) is 0 Å². The number of likely N-dealkylation sites (tertiary alicyclic amines) is 1. The van der Waals surface area contributed by atoms with Crippen LogP contribution in [0.15, 0.2) is 59.1 Å². The highest BCUT2D eigenvalue weighted by Crippen LogP contribution is 2.36. The van der Waals surface area contributed by atoms with Crippen LogP contribution < -0.4 is 5.32 Å². The average Bonchev–Trinajstić information content (AvgIpc) is 3.47. The SMILES string of the molecule is CNC(=O)[C@]1(Cc2cc(-c3ccccc3C)no2)CCN(C(=O)c2ccc(COC)cc2)C1. The average molecular weight is 448 g/mol. The highest BCUT2D eigenvalue weighted by atomic mass is 16.5. The van der Waals surface area contributed by atoms with Gasteiger partial charge in [0.05, 0.1) is 12.0 Å². The fourth-order valence-electron chi connectivity index (χ4n) is 4.53. The minimum absolute atomic E-state index is 0.0806. The fraction of sp³-hybridized carbons (Fsp3) is 0.346. The lowest BCUT2D eigenvalue weighted by Crippen LogP contribution is -2.44. The molecule has 2 amide bonds. The number of aryl methyl sites for hydroxylation is 1. The van der Waals surface area contributed by atoms with E-state index in [9.17, 15) is 9.59 Å². The number of rotatable bonds is 7. The summed E-state index contributed by atoms with van der Waals surface area (Å²) in [7, 11) is 3.27. The van der Waals surface area contributed by atoms with Gasteiger partial charge in [-0.2, -0.15) is 0 Å². The summed E-state index contributed by atoms with van der Waals surface area (Å²) in [6, 6.07) is 17.3.